The van der Waals surface area contributed by atoms with E-state index < -0.39 is 0 Å². The van der Waals surface area contributed by atoms with Crippen molar-refractivity contribution in [3.8, 4) is 6.07 Å². The van der Waals surface area contributed by atoms with Crippen molar-refractivity contribution in [2.75, 3.05) is 37.6 Å². The topological polar surface area (TPSA) is 30.3 Å². The van der Waals surface area contributed by atoms with Crippen LogP contribution in [0.4, 0.5) is 5.69 Å². The largest absolute Gasteiger partial charge is 0.369 e. The average Bonchev–Trinajstić information content (AvgIpc) is 2.64. The molecule has 29 heavy (non-hydrogen) atoms. The van der Waals surface area contributed by atoms with Gasteiger partial charge in [-0.05, 0) is 54.1 Å². The molecule has 162 valence electrons. The van der Waals surface area contributed by atoms with Gasteiger partial charge in [-0.25, -0.2) is 0 Å². The maximum absolute atomic E-state index is 9.26. The Balaban J connectivity index is 0.00000300. The van der Waals surface area contributed by atoms with Crippen molar-refractivity contribution in [2.24, 2.45) is 16.7 Å². The fourth-order valence-corrected chi connectivity index (χ4v) is 5.93. The van der Waals surface area contributed by atoms with E-state index in [0.717, 1.165) is 39.1 Å². The van der Waals surface area contributed by atoms with Crippen LogP contribution >= 0.6 is 12.4 Å². The molecule has 1 atom stereocenters. The van der Waals surface area contributed by atoms with Gasteiger partial charge in [-0.2, -0.15) is 5.26 Å². The zero-order valence-corrected chi connectivity index (χ0v) is 19.9. The number of halogens is 1. The van der Waals surface area contributed by atoms with E-state index in [4.69, 9.17) is 0 Å². The monoisotopic (exact) mass is 417 g/mol. The smallest absolute Gasteiger partial charge is 0.0669 e. The minimum Gasteiger partial charge on any atom is -0.369 e. The van der Waals surface area contributed by atoms with E-state index in [0.29, 0.717) is 16.7 Å². The van der Waals surface area contributed by atoms with Crippen LogP contribution in [-0.4, -0.2) is 37.6 Å². The summed E-state index contributed by atoms with van der Waals surface area (Å²) >= 11 is 0. The van der Waals surface area contributed by atoms with Crippen LogP contribution in [0.1, 0.15) is 71.8 Å². The Morgan fingerprint density at radius 2 is 1.62 bits per heavy atom. The maximum atomic E-state index is 9.26. The zero-order chi connectivity index (χ0) is 20.4. The zero-order valence-electron chi connectivity index (χ0n) is 19.1. The van der Waals surface area contributed by atoms with Crippen molar-refractivity contribution in [2.45, 2.75) is 66.2 Å². The predicted molar refractivity (Wildman–Crippen MR) is 126 cm³/mol. The second kappa shape index (κ2) is 9.71. The number of nitriles is 1. The van der Waals surface area contributed by atoms with Crippen LogP contribution in [0.25, 0.3) is 0 Å². The summed E-state index contributed by atoms with van der Waals surface area (Å²) in [6, 6.07) is 11.6. The first kappa shape index (κ1) is 24.0. The van der Waals surface area contributed by atoms with Gasteiger partial charge in [-0.1, -0.05) is 52.8 Å². The van der Waals surface area contributed by atoms with Crippen molar-refractivity contribution in [3.05, 3.63) is 29.8 Å². The van der Waals surface area contributed by atoms with Gasteiger partial charge in [0.1, 0.15) is 0 Å². The lowest BCUT2D eigenvalue weighted by atomic mass is 9.60. The first-order valence-corrected chi connectivity index (χ1v) is 11.2. The molecule has 0 amide bonds. The highest BCUT2D eigenvalue weighted by Gasteiger charge is 2.39. The highest BCUT2D eigenvalue weighted by molar-refractivity contribution is 5.85. The molecule has 2 fully saturated rings. The van der Waals surface area contributed by atoms with Gasteiger partial charge in [0.2, 0.25) is 0 Å². The molecule has 0 spiro atoms. The SMILES string of the molecule is CCC(C#N)CN1CCN(c2ccccc2C2CC(C)(C)CC(C)(C)C2)CC1.Cl. The predicted octanol–water partition coefficient (Wildman–Crippen LogP) is 6.10. The molecule has 3 nitrogen and oxygen atoms in total. The first-order valence-electron chi connectivity index (χ1n) is 11.2. The third kappa shape index (κ3) is 6.12. The van der Waals surface area contributed by atoms with Crippen molar-refractivity contribution in [1.29, 1.82) is 5.26 Å². The summed E-state index contributed by atoms with van der Waals surface area (Å²) in [7, 11) is 0. The van der Waals surface area contributed by atoms with Crippen molar-refractivity contribution >= 4 is 18.1 Å². The summed E-state index contributed by atoms with van der Waals surface area (Å²) in [5, 5.41) is 9.26. The van der Waals surface area contributed by atoms with Crippen LogP contribution in [0.15, 0.2) is 24.3 Å². The van der Waals surface area contributed by atoms with Gasteiger partial charge < -0.3 is 4.90 Å². The molecule has 0 radical (unpaired) electrons. The Morgan fingerprint density at radius 1 is 1.03 bits per heavy atom. The lowest BCUT2D eigenvalue weighted by molar-refractivity contribution is 0.0970. The van der Waals surface area contributed by atoms with Crippen LogP contribution in [0.3, 0.4) is 0 Å². The molecule has 1 saturated heterocycles. The Bertz CT molecular complexity index is 682. The molecule has 1 saturated carbocycles. The first-order chi connectivity index (χ1) is 13.2. The molecule has 1 heterocycles. The second-order valence-corrected chi connectivity index (χ2v) is 10.7. The lowest BCUT2D eigenvalue weighted by Gasteiger charge is -2.46. The summed E-state index contributed by atoms with van der Waals surface area (Å²) in [5.74, 6) is 0.821. The number of para-hydroxylation sites is 1. The molecule has 3 rings (SSSR count). The number of rotatable bonds is 5. The third-order valence-corrected chi connectivity index (χ3v) is 6.80. The van der Waals surface area contributed by atoms with Crippen LogP contribution in [0.2, 0.25) is 0 Å². The fraction of sp³-hybridized carbons (Fsp3) is 0.720. The van der Waals surface area contributed by atoms with E-state index in [1.165, 1.54) is 24.9 Å². The van der Waals surface area contributed by atoms with Crippen LogP contribution in [-0.2, 0) is 0 Å². The standard InChI is InChI=1S/C25H39N3.ClH/c1-6-20(17-26)18-27-11-13-28(14-12-27)23-10-8-7-9-22(23)21-15-24(2,3)19-25(4,5)16-21;/h7-10,20-21H,6,11-16,18-19H2,1-5H3;1H. The Morgan fingerprint density at radius 3 is 2.17 bits per heavy atom. The third-order valence-electron chi connectivity index (χ3n) is 6.80. The molecule has 2 aliphatic rings. The number of piperazine rings is 1. The van der Waals surface area contributed by atoms with Crippen LogP contribution < -0.4 is 4.90 Å². The van der Waals surface area contributed by atoms with Crippen molar-refractivity contribution in [1.82, 2.24) is 4.90 Å². The van der Waals surface area contributed by atoms with Gasteiger partial charge in [0.15, 0.2) is 0 Å². The molecule has 0 N–H and O–H groups in total. The van der Waals surface area contributed by atoms with Crippen molar-refractivity contribution < 1.29 is 0 Å². The van der Waals surface area contributed by atoms with E-state index >= 15 is 0 Å². The number of hydrogen-bond donors (Lipinski definition) is 0. The molecule has 1 aliphatic carbocycles. The number of nitrogens with zero attached hydrogens (tertiary/aromatic N) is 3. The van der Waals surface area contributed by atoms with E-state index in [2.05, 4.69) is 74.8 Å². The summed E-state index contributed by atoms with van der Waals surface area (Å²) in [5.41, 5.74) is 3.82. The van der Waals surface area contributed by atoms with E-state index in [1.807, 2.05) is 0 Å². The van der Waals surface area contributed by atoms with Gasteiger partial charge in [0.25, 0.3) is 0 Å². The molecule has 0 aromatic heterocycles. The molecule has 4 heteroatoms. The second-order valence-electron chi connectivity index (χ2n) is 10.7. The fourth-order valence-electron chi connectivity index (χ4n) is 5.93. The summed E-state index contributed by atoms with van der Waals surface area (Å²) < 4.78 is 0. The number of benzene rings is 1. The van der Waals surface area contributed by atoms with E-state index in [1.54, 1.807) is 5.56 Å². The van der Waals surface area contributed by atoms with Crippen LogP contribution in [0.5, 0.6) is 0 Å². The maximum Gasteiger partial charge on any atom is 0.0669 e. The minimum atomic E-state index is 0. The van der Waals surface area contributed by atoms with Gasteiger partial charge in [-0.3, -0.25) is 4.90 Å². The van der Waals surface area contributed by atoms with Gasteiger partial charge in [0, 0.05) is 38.4 Å². The normalized spacial score (nSPS) is 23.1. The Kier molecular flexibility index (Phi) is 8.05. The average molecular weight is 418 g/mol. The molecular formula is C25H40ClN3. The minimum absolute atomic E-state index is 0. The molecule has 1 aliphatic heterocycles. The van der Waals surface area contributed by atoms with Crippen molar-refractivity contribution in [3.63, 3.8) is 0 Å². The molecular weight excluding hydrogens is 378 g/mol. The number of anilines is 1. The van der Waals surface area contributed by atoms with E-state index in [9.17, 15) is 5.26 Å². The van der Waals surface area contributed by atoms with Crippen LogP contribution in [0, 0.1) is 28.1 Å². The lowest BCUT2D eigenvalue weighted by Crippen LogP contribution is -2.48. The molecule has 1 unspecified atom stereocenters. The highest BCUT2D eigenvalue weighted by Crippen LogP contribution is 2.53. The summed E-state index contributed by atoms with van der Waals surface area (Å²) in [6.07, 6.45) is 4.84. The van der Waals surface area contributed by atoms with Gasteiger partial charge >= 0.3 is 0 Å². The summed E-state index contributed by atoms with van der Waals surface area (Å²) in [4.78, 5) is 5.07. The van der Waals surface area contributed by atoms with E-state index in [-0.39, 0.29) is 18.3 Å². The Labute approximate surface area is 184 Å². The van der Waals surface area contributed by atoms with Gasteiger partial charge in [0.05, 0.1) is 12.0 Å². The highest BCUT2D eigenvalue weighted by atomic mass is 35.5. The van der Waals surface area contributed by atoms with Gasteiger partial charge in [-0.15, -0.1) is 12.4 Å². The molecule has 1 aromatic carbocycles. The number of hydrogen-bond acceptors (Lipinski definition) is 3. The summed E-state index contributed by atoms with van der Waals surface area (Å²) in [6.45, 7) is 17.1. The Hall–Kier alpha value is -1.24. The molecule has 1 aromatic rings. The molecule has 0 bridgehead atoms. The quantitative estimate of drug-likeness (QED) is 0.579.